The molecule has 22 heavy (non-hydrogen) atoms. The summed E-state index contributed by atoms with van der Waals surface area (Å²) in [5.41, 5.74) is 0.152. The highest BCUT2D eigenvalue weighted by atomic mass is 79.9. The molecule has 0 saturated carbocycles. The first-order valence-corrected chi connectivity index (χ1v) is 7.31. The van der Waals surface area contributed by atoms with Gasteiger partial charge in [0, 0.05) is 4.47 Å². The number of rotatable bonds is 4. The zero-order chi connectivity index (χ0) is 16.1. The monoisotopic (exact) mass is 385 g/mol. The van der Waals surface area contributed by atoms with Crippen LogP contribution in [-0.4, -0.2) is 18.5 Å². The van der Waals surface area contributed by atoms with E-state index in [1.807, 2.05) is 0 Å². The molecular weight excluding hydrogens is 377 g/mol. The molecule has 0 heterocycles. The van der Waals surface area contributed by atoms with Crippen LogP contribution in [-0.2, 0) is 9.53 Å². The van der Waals surface area contributed by atoms with E-state index in [1.54, 1.807) is 24.3 Å². The summed E-state index contributed by atoms with van der Waals surface area (Å²) in [4.78, 5) is 23.5. The number of hydrogen-bond donors (Lipinski definition) is 1. The lowest BCUT2D eigenvalue weighted by molar-refractivity contribution is -0.119. The number of anilines is 1. The van der Waals surface area contributed by atoms with Gasteiger partial charge in [0.1, 0.15) is 5.82 Å². The minimum Gasteiger partial charge on any atom is -0.452 e. The summed E-state index contributed by atoms with van der Waals surface area (Å²) in [7, 11) is 0. The van der Waals surface area contributed by atoms with Crippen molar-refractivity contribution in [3.05, 3.63) is 63.3 Å². The van der Waals surface area contributed by atoms with E-state index in [-0.39, 0.29) is 5.56 Å². The minimum atomic E-state index is -0.923. The van der Waals surface area contributed by atoms with E-state index in [2.05, 4.69) is 21.2 Å². The highest BCUT2D eigenvalue weighted by molar-refractivity contribution is 9.10. The van der Waals surface area contributed by atoms with Gasteiger partial charge in [0.15, 0.2) is 6.61 Å². The van der Waals surface area contributed by atoms with Crippen LogP contribution < -0.4 is 5.32 Å². The van der Waals surface area contributed by atoms with Crippen molar-refractivity contribution >= 4 is 45.1 Å². The average Bonchev–Trinajstić information content (AvgIpc) is 2.49. The zero-order valence-electron chi connectivity index (χ0n) is 11.1. The number of para-hydroxylation sites is 1. The van der Waals surface area contributed by atoms with E-state index in [1.165, 1.54) is 12.1 Å². The Labute approximate surface area is 139 Å². The third-order valence-electron chi connectivity index (χ3n) is 2.63. The van der Waals surface area contributed by atoms with Crippen LogP contribution in [0.5, 0.6) is 0 Å². The van der Waals surface area contributed by atoms with Gasteiger partial charge in [-0.25, -0.2) is 9.18 Å². The molecule has 0 radical (unpaired) electrons. The van der Waals surface area contributed by atoms with Crippen molar-refractivity contribution in [1.29, 1.82) is 0 Å². The fraction of sp³-hybridized carbons (Fsp3) is 0.0667. The molecule has 1 N–H and O–H groups in total. The summed E-state index contributed by atoms with van der Waals surface area (Å²) < 4.78 is 18.8. The predicted octanol–water partition coefficient (Wildman–Crippen LogP) is 4.04. The molecule has 0 unspecified atom stereocenters. The third kappa shape index (κ3) is 4.29. The molecule has 1 amide bonds. The van der Waals surface area contributed by atoms with Crippen molar-refractivity contribution in [1.82, 2.24) is 0 Å². The smallest absolute Gasteiger partial charge is 0.341 e. The number of carbonyl (C=O) groups excluding carboxylic acids is 2. The molecule has 4 nitrogen and oxygen atoms in total. The van der Waals surface area contributed by atoms with Crippen LogP contribution >= 0.6 is 27.5 Å². The molecule has 114 valence electrons. The Balaban J connectivity index is 1.95. The molecule has 0 aliphatic rings. The van der Waals surface area contributed by atoms with Gasteiger partial charge in [-0.1, -0.05) is 39.7 Å². The van der Waals surface area contributed by atoms with Gasteiger partial charge in [0.25, 0.3) is 5.91 Å². The van der Waals surface area contributed by atoms with Gasteiger partial charge in [0.2, 0.25) is 0 Å². The first-order chi connectivity index (χ1) is 10.5. The number of benzene rings is 2. The summed E-state index contributed by atoms with van der Waals surface area (Å²) in [5.74, 6) is -2.22. The average molecular weight is 387 g/mol. The lowest BCUT2D eigenvalue weighted by atomic mass is 10.2. The van der Waals surface area contributed by atoms with Crippen LogP contribution in [0.4, 0.5) is 10.1 Å². The van der Waals surface area contributed by atoms with E-state index in [4.69, 9.17) is 16.3 Å². The standard InChI is InChI=1S/C15H10BrClFNO3/c16-9-5-6-12(18)10(7-9)15(21)22-8-14(20)19-13-4-2-1-3-11(13)17/h1-7H,8H2,(H,19,20). The van der Waals surface area contributed by atoms with Crippen LogP contribution in [0.15, 0.2) is 46.9 Å². The second-order valence-corrected chi connectivity index (χ2v) is 5.55. The number of carbonyl (C=O) groups is 2. The maximum Gasteiger partial charge on any atom is 0.341 e. The SMILES string of the molecule is O=C(COC(=O)c1cc(Br)ccc1F)Nc1ccccc1Cl. The molecule has 0 bridgehead atoms. The van der Waals surface area contributed by atoms with E-state index < -0.39 is 24.3 Å². The molecule has 0 atom stereocenters. The van der Waals surface area contributed by atoms with Crippen molar-refractivity contribution in [3.8, 4) is 0 Å². The Morgan fingerprint density at radius 3 is 2.68 bits per heavy atom. The van der Waals surface area contributed by atoms with Crippen LogP contribution in [0.3, 0.4) is 0 Å². The molecule has 7 heteroatoms. The summed E-state index contributed by atoms with van der Waals surface area (Å²) in [5, 5.41) is 2.85. The van der Waals surface area contributed by atoms with Gasteiger partial charge >= 0.3 is 5.97 Å². The number of ether oxygens (including phenoxy) is 1. The number of hydrogen-bond acceptors (Lipinski definition) is 3. The number of amides is 1. The maximum absolute atomic E-state index is 13.5. The number of halogens is 3. The van der Waals surface area contributed by atoms with Gasteiger partial charge < -0.3 is 10.1 Å². The molecule has 0 fully saturated rings. The van der Waals surface area contributed by atoms with Gasteiger partial charge in [0.05, 0.1) is 16.3 Å². The third-order valence-corrected chi connectivity index (χ3v) is 3.45. The van der Waals surface area contributed by atoms with Crippen molar-refractivity contribution in [2.45, 2.75) is 0 Å². The Morgan fingerprint density at radius 1 is 1.23 bits per heavy atom. The minimum absolute atomic E-state index is 0.250. The number of nitrogens with one attached hydrogen (secondary N) is 1. The molecule has 0 saturated heterocycles. The van der Waals surface area contributed by atoms with Gasteiger partial charge in [-0.05, 0) is 30.3 Å². The summed E-state index contributed by atoms with van der Waals surface area (Å²) in [6.07, 6.45) is 0. The quantitative estimate of drug-likeness (QED) is 0.807. The first kappa shape index (κ1) is 16.5. The lowest BCUT2D eigenvalue weighted by Crippen LogP contribution is -2.21. The van der Waals surface area contributed by atoms with Crippen LogP contribution in [0.2, 0.25) is 5.02 Å². The van der Waals surface area contributed by atoms with Crippen molar-refractivity contribution in [3.63, 3.8) is 0 Å². The normalized spacial score (nSPS) is 10.1. The first-order valence-electron chi connectivity index (χ1n) is 6.14. The summed E-state index contributed by atoms with van der Waals surface area (Å²) >= 11 is 9.02. The fourth-order valence-electron chi connectivity index (χ4n) is 1.61. The van der Waals surface area contributed by atoms with E-state index >= 15 is 0 Å². The molecule has 0 spiro atoms. The van der Waals surface area contributed by atoms with Crippen molar-refractivity contribution < 1.29 is 18.7 Å². The Morgan fingerprint density at radius 2 is 1.95 bits per heavy atom. The maximum atomic E-state index is 13.5. The highest BCUT2D eigenvalue weighted by Crippen LogP contribution is 2.20. The largest absolute Gasteiger partial charge is 0.452 e. The Kier molecular flexibility index (Phi) is 5.51. The van der Waals surface area contributed by atoms with Gasteiger partial charge in [-0.3, -0.25) is 4.79 Å². The van der Waals surface area contributed by atoms with Crippen molar-refractivity contribution in [2.75, 3.05) is 11.9 Å². The van der Waals surface area contributed by atoms with Crippen LogP contribution in [0, 0.1) is 5.82 Å². The second-order valence-electron chi connectivity index (χ2n) is 4.23. The lowest BCUT2D eigenvalue weighted by Gasteiger charge is -2.08. The Bertz CT molecular complexity index is 724. The van der Waals surface area contributed by atoms with E-state index in [0.29, 0.717) is 15.2 Å². The molecule has 0 aliphatic carbocycles. The van der Waals surface area contributed by atoms with Crippen molar-refractivity contribution in [2.24, 2.45) is 0 Å². The predicted molar refractivity (Wildman–Crippen MR) is 84.5 cm³/mol. The summed E-state index contributed by atoms with van der Waals surface area (Å²) in [6.45, 7) is -0.546. The zero-order valence-corrected chi connectivity index (χ0v) is 13.4. The fourth-order valence-corrected chi connectivity index (χ4v) is 2.16. The summed E-state index contributed by atoms with van der Waals surface area (Å²) in [6, 6.07) is 10.5. The van der Waals surface area contributed by atoms with Gasteiger partial charge in [-0.15, -0.1) is 0 Å². The van der Waals surface area contributed by atoms with Crippen LogP contribution in [0.1, 0.15) is 10.4 Å². The topological polar surface area (TPSA) is 55.4 Å². The molecule has 0 aromatic heterocycles. The molecule has 0 aliphatic heterocycles. The van der Waals surface area contributed by atoms with Gasteiger partial charge in [-0.2, -0.15) is 0 Å². The van der Waals surface area contributed by atoms with Crippen LogP contribution in [0.25, 0.3) is 0 Å². The molecule has 2 rings (SSSR count). The Hall–Kier alpha value is -1.92. The molecule has 2 aromatic carbocycles. The molecular formula is C15H10BrClFNO3. The van der Waals surface area contributed by atoms with E-state index in [9.17, 15) is 14.0 Å². The highest BCUT2D eigenvalue weighted by Gasteiger charge is 2.15. The van der Waals surface area contributed by atoms with E-state index in [0.717, 1.165) is 6.07 Å². The number of esters is 1. The molecule has 2 aromatic rings. The second kappa shape index (κ2) is 7.38.